The Balaban J connectivity index is 1.50. The van der Waals surface area contributed by atoms with E-state index in [0.29, 0.717) is 0 Å². The van der Waals surface area contributed by atoms with Crippen LogP contribution >= 0.6 is 23.1 Å². The van der Waals surface area contributed by atoms with Crippen molar-refractivity contribution in [2.45, 2.75) is 62.6 Å². The molecule has 0 aliphatic carbocycles. The highest BCUT2D eigenvalue weighted by Crippen LogP contribution is 2.31. The van der Waals surface area contributed by atoms with Gasteiger partial charge >= 0.3 is 0 Å². The number of nitrogens with zero attached hydrogens (tertiary/aromatic N) is 4. The third-order valence-electron chi connectivity index (χ3n) is 5.59. The number of hydrogen-bond donors (Lipinski definition) is 0. The fraction of sp³-hybridized carbons (Fsp3) is 0.650. The number of hydrogen-bond acceptors (Lipinski definition) is 6. The maximum absolute atomic E-state index is 12.9. The quantitative estimate of drug-likeness (QED) is 0.663. The minimum absolute atomic E-state index is 0.169. The summed E-state index contributed by atoms with van der Waals surface area (Å²) in [6, 6.07) is 4.10. The fourth-order valence-electron chi connectivity index (χ4n) is 3.82. The number of ether oxygens (including phenoxy) is 1. The van der Waals surface area contributed by atoms with Crippen LogP contribution in [0.2, 0.25) is 0 Å². The molecule has 2 atom stereocenters. The third-order valence-corrected chi connectivity index (χ3v) is 7.53. The molecule has 2 fully saturated rings. The zero-order valence-corrected chi connectivity index (χ0v) is 18.2. The first-order valence-corrected chi connectivity index (χ1v) is 11.9. The fourth-order valence-corrected chi connectivity index (χ4v) is 5.47. The van der Waals surface area contributed by atoms with Crippen molar-refractivity contribution in [3.05, 3.63) is 17.5 Å². The molecule has 1 amide bonds. The van der Waals surface area contributed by atoms with Crippen molar-refractivity contribution in [3.63, 3.8) is 0 Å². The average molecular weight is 421 g/mol. The van der Waals surface area contributed by atoms with E-state index in [2.05, 4.69) is 33.1 Å². The zero-order chi connectivity index (χ0) is 19.5. The van der Waals surface area contributed by atoms with Crippen molar-refractivity contribution in [1.82, 2.24) is 19.7 Å². The molecular formula is C20H28N4O2S2. The van der Waals surface area contributed by atoms with E-state index < -0.39 is 0 Å². The van der Waals surface area contributed by atoms with Crippen LogP contribution in [0.3, 0.4) is 0 Å². The number of likely N-dealkylation sites (tertiary alicyclic amines) is 1. The molecule has 2 saturated heterocycles. The molecule has 2 aromatic rings. The van der Waals surface area contributed by atoms with Gasteiger partial charge in [0.25, 0.3) is 0 Å². The Morgan fingerprint density at radius 1 is 1.36 bits per heavy atom. The van der Waals surface area contributed by atoms with Crippen molar-refractivity contribution in [2.24, 2.45) is 5.92 Å². The SMILES string of the molecule is CC1CCN(C(=O)C(C)Sc2nnc(-c3cccs3)n2CC2CCCO2)CC1. The molecule has 2 aliphatic heterocycles. The van der Waals surface area contributed by atoms with Gasteiger partial charge in [-0.2, -0.15) is 0 Å². The van der Waals surface area contributed by atoms with E-state index in [0.717, 1.165) is 73.7 Å². The smallest absolute Gasteiger partial charge is 0.235 e. The molecule has 2 unspecified atom stereocenters. The second-order valence-corrected chi connectivity index (χ2v) is 10.1. The highest BCUT2D eigenvalue weighted by Gasteiger charge is 2.28. The number of amides is 1. The van der Waals surface area contributed by atoms with Crippen LogP contribution in [0.15, 0.2) is 22.7 Å². The molecule has 4 rings (SSSR count). The molecule has 0 aromatic carbocycles. The molecule has 152 valence electrons. The van der Waals surface area contributed by atoms with Crippen LogP contribution in [0.4, 0.5) is 0 Å². The molecule has 2 aromatic heterocycles. The maximum Gasteiger partial charge on any atom is 0.235 e. The van der Waals surface area contributed by atoms with Gasteiger partial charge in [0.15, 0.2) is 11.0 Å². The van der Waals surface area contributed by atoms with Crippen LogP contribution in [0.25, 0.3) is 10.7 Å². The van der Waals surface area contributed by atoms with Crippen LogP contribution in [0.1, 0.15) is 39.5 Å². The minimum atomic E-state index is -0.169. The number of piperidine rings is 1. The summed E-state index contributed by atoms with van der Waals surface area (Å²) in [5.41, 5.74) is 0. The van der Waals surface area contributed by atoms with Gasteiger partial charge in [0.05, 0.1) is 22.8 Å². The largest absolute Gasteiger partial charge is 0.376 e. The van der Waals surface area contributed by atoms with Crippen LogP contribution in [-0.2, 0) is 16.1 Å². The second kappa shape index (κ2) is 8.97. The summed E-state index contributed by atoms with van der Waals surface area (Å²) < 4.78 is 8.00. The van der Waals surface area contributed by atoms with Crippen molar-refractivity contribution in [1.29, 1.82) is 0 Å². The standard InChI is InChI=1S/C20H28N4O2S2/c1-14-7-9-23(10-8-14)19(25)15(2)28-20-22-21-18(17-6-4-12-27-17)24(20)13-16-5-3-11-26-16/h4,6,12,14-16H,3,5,7-11,13H2,1-2H3. The van der Waals surface area contributed by atoms with Crippen molar-refractivity contribution in [2.75, 3.05) is 19.7 Å². The molecule has 0 spiro atoms. The number of rotatable bonds is 6. The number of thiophene rings is 1. The molecule has 0 saturated carbocycles. The lowest BCUT2D eigenvalue weighted by Crippen LogP contribution is -2.41. The molecule has 0 bridgehead atoms. The Morgan fingerprint density at radius 2 is 2.18 bits per heavy atom. The first-order chi connectivity index (χ1) is 13.6. The van der Waals surface area contributed by atoms with E-state index in [9.17, 15) is 4.79 Å². The summed E-state index contributed by atoms with van der Waals surface area (Å²) in [7, 11) is 0. The topological polar surface area (TPSA) is 60.2 Å². The summed E-state index contributed by atoms with van der Waals surface area (Å²) in [4.78, 5) is 16.0. The Labute approximate surface area is 174 Å². The van der Waals surface area contributed by atoms with E-state index >= 15 is 0 Å². The van der Waals surface area contributed by atoms with Gasteiger partial charge in [-0.3, -0.25) is 9.36 Å². The summed E-state index contributed by atoms with van der Waals surface area (Å²) in [6.45, 7) is 7.55. The number of aromatic nitrogens is 3. The minimum Gasteiger partial charge on any atom is -0.376 e. The molecule has 0 N–H and O–H groups in total. The van der Waals surface area contributed by atoms with E-state index in [1.165, 1.54) is 11.8 Å². The lowest BCUT2D eigenvalue weighted by molar-refractivity contribution is -0.131. The van der Waals surface area contributed by atoms with E-state index in [1.54, 1.807) is 11.3 Å². The second-order valence-electron chi connectivity index (χ2n) is 7.80. The van der Waals surface area contributed by atoms with Gasteiger partial charge in [0.1, 0.15) is 0 Å². The lowest BCUT2D eigenvalue weighted by Gasteiger charge is -2.32. The Kier molecular flexibility index (Phi) is 6.38. The van der Waals surface area contributed by atoms with E-state index in [4.69, 9.17) is 4.74 Å². The van der Waals surface area contributed by atoms with Crippen molar-refractivity contribution in [3.8, 4) is 10.7 Å². The van der Waals surface area contributed by atoms with Crippen LogP contribution in [0.5, 0.6) is 0 Å². The van der Waals surface area contributed by atoms with Crippen molar-refractivity contribution >= 4 is 29.0 Å². The molecular weight excluding hydrogens is 392 g/mol. The van der Waals surface area contributed by atoms with Crippen LogP contribution < -0.4 is 0 Å². The Hall–Kier alpha value is -1.38. The molecule has 8 heteroatoms. The van der Waals surface area contributed by atoms with Crippen LogP contribution in [0, 0.1) is 5.92 Å². The van der Waals surface area contributed by atoms with Gasteiger partial charge in [-0.15, -0.1) is 21.5 Å². The van der Waals surface area contributed by atoms with Gasteiger partial charge < -0.3 is 9.64 Å². The zero-order valence-electron chi connectivity index (χ0n) is 16.5. The average Bonchev–Trinajstić information content (AvgIpc) is 3.45. The van der Waals surface area contributed by atoms with Gasteiger partial charge in [-0.25, -0.2) is 0 Å². The number of carbonyl (C=O) groups is 1. The van der Waals surface area contributed by atoms with Crippen LogP contribution in [-0.4, -0.2) is 56.6 Å². The first-order valence-electron chi connectivity index (χ1n) is 10.2. The predicted octanol–water partition coefficient (Wildman–Crippen LogP) is 3.92. The summed E-state index contributed by atoms with van der Waals surface area (Å²) in [5.74, 6) is 1.80. The van der Waals surface area contributed by atoms with Gasteiger partial charge in [-0.1, -0.05) is 24.8 Å². The van der Waals surface area contributed by atoms with E-state index in [-0.39, 0.29) is 17.3 Å². The number of thioether (sulfide) groups is 1. The summed E-state index contributed by atoms with van der Waals surface area (Å²) in [6.07, 6.45) is 4.56. The first kappa shape index (κ1) is 19.9. The van der Waals surface area contributed by atoms with Crippen molar-refractivity contribution < 1.29 is 9.53 Å². The summed E-state index contributed by atoms with van der Waals surface area (Å²) >= 11 is 3.18. The predicted molar refractivity (Wildman–Crippen MR) is 113 cm³/mol. The molecule has 2 aliphatic rings. The Morgan fingerprint density at radius 3 is 2.86 bits per heavy atom. The van der Waals surface area contributed by atoms with E-state index in [1.807, 2.05) is 17.9 Å². The maximum atomic E-state index is 12.9. The monoisotopic (exact) mass is 420 g/mol. The summed E-state index contributed by atoms with van der Waals surface area (Å²) in [5, 5.41) is 11.6. The lowest BCUT2D eigenvalue weighted by atomic mass is 9.99. The van der Waals surface area contributed by atoms with Gasteiger partial charge in [0, 0.05) is 19.7 Å². The molecule has 0 radical (unpaired) electrons. The molecule has 6 nitrogen and oxygen atoms in total. The number of carbonyl (C=O) groups excluding carboxylic acids is 1. The highest BCUT2D eigenvalue weighted by atomic mass is 32.2. The third kappa shape index (κ3) is 4.44. The molecule has 4 heterocycles. The normalized spacial score (nSPS) is 21.9. The highest BCUT2D eigenvalue weighted by molar-refractivity contribution is 8.00. The van der Waals surface area contributed by atoms with Gasteiger partial charge in [-0.05, 0) is 50.0 Å². The van der Waals surface area contributed by atoms with Gasteiger partial charge in [0.2, 0.25) is 5.91 Å². The Bertz CT molecular complexity index is 778. The molecule has 28 heavy (non-hydrogen) atoms.